The van der Waals surface area contributed by atoms with Gasteiger partial charge in [-0.2, -0.15) is 0 Å². The van der Waals surface area contributed by atoms with Crippen LogP contribution in [0, 0.1) is 0 Å². The van der Waals surface area contributed by atoms with E-state index in [2.05, 4.69) is 64.8 Å². The standard InChI is InChI=1S/C29H34N2O4/c1-30-29(32)27-16-20-7-3-4-8-22(20)17-31(27)14-6-11-28-34-18-23(19-35-28)25-10-5-9-21-15-24(33-2)12-13-26(21)25/h3-5,7-10,12-13,15,23,27-28H,6,11,14,16-19H2,1-2H3,(H,30,32). The lowest BCUT2D eigenvalue weighted by Crippen LogP contribution is -2.49. The smallest absolute Gasteiger partial charge is 0.237 e. The zero-order valence-corrected chi connectivity index (χ0v) is 20.5. The Labute approximate surface area is 207 Å². The summed E-state index contributed by atoms with van der Waals surface area (Å²) in [5.41, 5.74) is 3.84. The van der Waals surface area contributed by atoms with E-state index < -0.39 is 0 Å². The molecular formula is C29H34N2O4. The van der Waals surface area contributed by atoms with Gasteiger partial charge in [0.05, 0.1) is 26.4 Å². The van der Waals surface area contributed by atoms with E-state index in [4.69, 9.17) is 14.2 Å². The van der Waals surface area contributed by atoms with Gasteiger partial charge in [-0.15, -0.1) is 0 Å². The molecule has 5 rings (SSSR count). The summed E-state index contributed by atoms with van der Waals surface area (Å²) in [6, 6.07) is 20.9. The average molecular weight is 475 g/mol. The predicted molar refractivity (Wildman–Crippen MR) is 137 cm³/mol. The molecule has 0 spiro atoms. The normalized spacial score (nSPS) is 22.5. The summed E-state index contributed by atoms with van der Waals surface area (Å²) >= 11 is 0. The Morgan fingerprint density at radius 1 is 1.06 bits per heavy atom. The van der Waals surface area contributed by atoms with Gasteiger partial charge in [0.15, 0.2) is 6.29 Å². The molecule has 1 unspecified atom stereocenters. The first-order chi connectivity index (χ1) is 17.2. The number of methoxy groups -OCH3 is 1. The molecule has 35 heavy (non-hydrogen) atoms. The quantitative estimate of drug-likeness (QED) is 0.555. The number of carbonyl (C=O) groups excluding carboxylic acids is 1. The second kappa shape index (κ2) is 10.8. The largest absolute Gasteiger partial charge is 0.497 e. The Morgan fingerprint density at radius 3 is 2.63 bits per heavy atom. The summed E-state index contributed by atoms with van der Waals surface area (Å²) in [6.45, 7) is 2.93. The summed E-state index contributed by atoms with van der Waals surface area (Å²) in [5, 5.41) is 5.22. The van der Waals surface area contributed by atoms with Crippen molar-refractivity contribution in [3.8, 4) is 5.75 Å². The minimum absolute atomic E-state index is 0.0835. The van der Waals surface area contributed by atoms with E-state index in [9.17, 15) is 4.79 Å². The van der Waals surface area contributed by atoms with Gasteiger partial charge in [0, 0.05) is 19.5 Å². The van der Waals surface area contributed by atoms with Gasteiger partial charge in [-0.1, -0.05) is 48.5 Å². The van der Waals surface area contributed by atoms with Crippen molar-refractivity contribution in [1.82, 2.24) is 10.2 Å². The summed E-state index contributed by atoms with van der Waals surface area (Å²) in [7, 11) is 3.41. The number of nitrogens with one attached hydrogen (secondary N) is 1. The Morgan fingerprint density at radius 2 is 1.86 bits per heavy atom. The molecule has 0 bridgehead atoms. The molecule has 0 saturated carbocycles. The monoisotopic (exact) mass is 474 g/mol. The molecule has 2 aliphatic rings. The number of carbonyl (C=O) groups is 1. The number of likely N-dealkylation sites (N-methyl/N-ethyl adjacent to an activating group) is 1. The molecule has 2 heterocycles. The number of ether oxygens (including phenoxy) is 3. The summed E-state index contributed by atoms with van der Waals surface area (Å²) in [5.74, 6) is 1.15. The van der Waals surface area contributed by atoms with Crippen LogP contribution < -0.4 is 10.1 Å². The molecule has 1 N–H and O–H groups in total. The SMILES string of the molecule is CNC(=O)C1Cc2ccccc2CN1CCCC1OCC(c2cccc3cc(OC)ccc23)CO1. The van der Waals surface area contributed by atoms with E-state index in [1.54, 1.807) is 14.2 Å². The number of hydrogen-bond donors (Lipinski definition) is 1. The third kappa shape index (κ3) is 5.20. The topological polar surface area (TPSA) is 60.0 Å². The zero-order chi connectivity index (χ0) is 24.2. The van der Waals surface area contributed by atoms with Gasteiger partial charge in [-0.3, -0.25) is 9.69 Å². The maximum absolute atomic E-state index is 12.5. The van der Waals surface area contributed by atoms with Crippen molar-refractivity contribution in [2.45, 2.75) is 44.1 Å². The molecule has 6 nitrogen and oxygen atoms in total. The van der Waals surface area contributed by atoms with E-state index >= 15 is 0 Å². The summed E-state index contributed by atoms with van der Waals surface area (Å²) in [6.07, 6.45) is 2.29. The highest BCUT2D eigenvalue weighted by atomic mass is 16.7. The van der Waals surface area contributed by atoms with Gasteiger partial charge in [0.2, 0.25) is 5.91 Å². The zero-order valence-electron chi connectivity index (χ0n) is 20.5. The molecule has 2 aliphatic heterocycles. The average Bonchev–Trinajstić information content (AvgIpc) is 2.92. The molecular weight excluding hydrogens is 440 g/mol. The highest BCUT2D eigenvalue weighted by Gasteiger charge is 2.31. The first-order valence-electron chi connectivity index (χ1n) is 12.5. The Bertz CT molecular complexity index is 1170. The van der Waals surface area contributed by atoms with Crippen molar-refractivity contribution in [2.24, 2.45) is 0 Å². The molecule has 3 aromatic carbocycles. The fourth-order valence-corrected chi connectivity index (χ4v) is 5.36. The third-order valence-corrected chi connectivity index (χ3v) is 7.31. The number of hydrogen-bond acceptors (Lipinski definition) is 5. The number of rotatable bonds is 7. The molecule has 3 aromatic rings. The lowest BCUT2D eigenvalue weighted by molar-refractivity contribution is -0.190. The van der Waals surface area contributed by atoms with Crippen LogP contribution in [0.2, 0.25) is 0 Å². The summed E-state index contributed by atoms with van der Waals surface area (Å²) < 4.78 is 17.6. The van der Waals surface area contributed by atoms with Crippen LogP contribution in [0.4, 0.5) is 0 Å². The molecule has 0 radical (unpaired) electrons. The van der Waals surface area contributed by atoms with Crippen molar-refractivity contribution in [2.75, 3.05) is 33.9 Å². The lowest BCUT2D eigenvalue weighted by atomic mass is 9.93. The van der Waals surface area contributed by atoms with E-state index in [1.165, 1.54) is 22.1 Å². The number of nitrogens with zero attached hydrogens (tertiary/aromatic N) is 1. The molecule has 0 aliphatic carbocycles. The van der Waals surface area contributed by atoms with Gasteiger partial charge >= 0.3 is 0 Å². The maximum Gasteiger partial charge on any atom is 0.237 e. The van der Waals surface area contributed by atoms with Gasteiger partial charge in [0.1, 0.15) is 5.75 Å². The van der Waals surface area contributed by atoms with Gasteiger partial charge in [-0.05, 0) is 65.4 Å². The highest BCUT2D eigenvalue weighted by molar-refractivity contribution is 5.87. The third-order valence-electron chi connectivity index (χ3n) is 7.31. The van der Waals surface area contributed by atoms with Crippen LogP contribution in [0.15, 0.2) is 60.7 Å². The van der Waals surface area contributed by atoms with Crippen molar-refractivity contribution in [3.63, 3.8) is 0 Å². The van der Waals surface area contributed by atoms with E-state index in [-0.39, 0.29) is 24.2 Å². The molecule has 1 amide bonds. The number of benzene rings is 3. The molecule has 6 heteroatoms. The van der Waals surface area contributed by atoms with Gasteiger partial charge in [0.25, 0.3) is 0 Å². The molecule has 1 fully saturated rings. The fraction of sp³-hybridized carbons (Fsp3) is 0.414. The first-order valence-corrected chi connectivity index (χ1v) is 12.5. The van der Waals surface area contributed by atoms with Crippen LogP contribution >= 0.6 is 0 Å². The van der Waals surface area contributed by atoms with Crippen molar-refractivity contribution < 1.29 is 19.0 Å². The minimum Gasteiger partial charge on any atom is -0.497 e. The maximum atomic E-state index is 12.5. The second-order valence-corrected chi connectivity index (χ2v) is 9.44. The fourth-order valence-electron chi connectivity index (χ4n) is 5.36. The highest BCUT2D eigenvalue weighted by Crippen LogP contribution is 2.32. The molecule has 0 aromatic heterocycles. The van der Waals surface area contributed by atoms with Crippen LogP contribution in [-0.2, 0) is 27.2 Å². The Hall–Kier alpha value is -2.93. The first kappa shape index (κ1) is 23.8. The van der Waals surface area contributed by atoms with Gasteiger partial charge < -0.3 is 19.5 Å². The lowest BCUT2D eigenvalue weighted by Gasteiger charge is -2.36. The van der Waals surface area contributed by atoms with Crippen molar-refractivity contribution in [3.05, 3.63) is 77.4 Å². The van der Waals surface area contributed by atoms with Crippen molar-refractivity contribution >= 4 is 16.7 Å². The molecule has 1 atom stereocenters. The van der Waals surface area contributed by atoms with Crippen LogP contribution in [0.1, 0.15) is 35.4 Å². The Kier molecular flexibility index (Phi) is 7.32. The minimum atomic E-state index is -0.197. The van der Waals surface area contributed by atoms with Gasteiger partial charge in [-0.25, -0.2) is 0 Å². The van der Waals surface area contributed by atoms with Crippen LogP contribution in [0.25, 0.3) is 10.8 Å². The van der Waals surface area contributed by atoms with E-state index in [0.29, 0.717) is 13.2 Å². The summed E-state index contributed by atoms with van der Waals surface area (Å²) in [4.78, 5) is 14.8. The van der Waals surface area contributed by atoms with Crippen LogP contribution in [0.3, 0.4) is 0 Å². The molecule has 1 saturated heterocycles. The number of amides is 1. The second-order valence-electron chi connectivity index (χ2n) is 9.44. The van der Waals surface area contributed by atoms with E-state index in [0.717, 1.165) is 43.5 Å². The van der Waals surface area contributed by atoms with Crippen LogP contribution in [-0.4, -0.2) is 57.1 Å². The number of fused-ring (bicyclic) bond motifs is 2. The van der Waals surface area contributed by atoms with Crippen molar-refractivity contribution in [1.29, 1.82) is 0 Å². The molecule has 184 valence electrons. The van der Waals surface area contributed by atoms with Crippen LogP contribution in [0.5, 0.6) is 5.75 Å². The Balaban J connectivity index is 1.16. The van der Waals surface area contributed by atoms with E-state index in [1.807, 2.05) is 6.07 Å². The predicted octanol–water partition coefficient (Wildman–Crippen LogP) is 4.26.